The number of anilines is 2. The Kier molecular flexibility index (Phi) is 5.52. The van der Waals surface area contributed by atoms with Crippen molar-refractivity contribution < 1.29 is 14.8 Å². The molecular weight excluding hydrogens is 383 g/mol. The fourth-order valence-electron chi connectivity index (χ4n) is 4.03. The molecule has 0 aliphatic carbocycles. The number of rotatable bonds is 6. The van der Waals surface area contributed by atoms with Gasteiger partial charge in [-0.3, -0.25) is 4.79 Å². The van der Waals surface area contributed by atoms with Crippen molar-refractivity contribution in [1.82, 2.24) is 0 Å². The van der Waals surface area contributed by atoms with Gasteiger partial charge >= 0.3 is 5.97 Å². The molecule has 1 unspecified atom stereocenters. The predicted octanol–water partition coefficient (Wildman–Crippen LogP) is 4.98. The van der Waals surface area contributed by atoms with Gasteiger partial charge in [0.05, 0.1) is 12.1 Å². The number of carboxylic acids is 1. The first-order valence-electron chi connectivity index (χ1n) is 9.65. The summed E-state index contributed by atoms with van der Waals surface area (Å²) in [6.45, 7) is 1.26. The monoisotopic (exact) mass is 407 g/mol. The van der Waals surface area contributed by atoms with Crippen LogP contribution in [0, 0.1) is 0 Å². The van der Waals surface area contributed by atoms with E-state index in [1.54, 1.807) is 0 Å². The minimum atomic E-state index is -3.08. The zero-order chi connectivity index (χ0) is 20.3. The van der Waals surface area contributed by atoms with Gasteiger partial charge in [-0.05, 0) is 29.8 Å². The molecule has 1 aliphatic rings. The summed E-state index contributed by atoms with van der Waals surface area (Å²) in [7, 11) is -3.08. The minimum absolute atomic E-state index is 0.138. The van der Waals surface area contributed by atoms with Crippen molar-refractivity contribution in [3.63, 3.8) is 0 Å². The molecule has 1 atom stereocenters. The topological polar surface area (TPSA) is 64.0 Å². The molecule has 0 saturated carbocycles. The normalized spacial score (nSPS) is 16.6. The standard InChI is InChI=1S/C23H24N2O3P/c26-23(27)18-22(19-10-4-1-5-11-19)29(28)24(20-12-6-2-7-13-20)16-17-25(29)21-14-8-3-9-15-21/h1-15,22,28H,16-18H2,(H,26,27). The second kappa shape index (κ2) is 8.24. The number of carbonyl (C=O) groups is 1. The van der Waals surface area contributed by atoms with E-state index in [1.807, 2.05) is 100 Å². The van der Waals surface area contributed by atoms with Gasteiger partial charge in [0.2, 0.25) is 0 Å². The van der Waals surface area contributed by atoms with Crippen molar-refractivity contribution in [1.29, 1.82) is 0 Å². The van der Waals surface area contributed by atoms with E-state index in [1.165, 1.54) is 0 Å². The molecule has 29 heavy (non-hydrogen) atoms. The molecule has 1 heterocycles. The Bertz CT molecular complexity index is 906. The van der Waals surface area contributed by atoms with Crippen molar-refractivity contribution in [2.75, 3.05) is 22.4 Å². The molecule has 1 saturated heterocycles. The summed E-state index contributed by atoms with van der Waals surface area (Å²) in [5.41, 5.74) is 2.12. The van der Waals surface area contributed by atoms with Gasteiger partial charge in [-0.2, -0.15) is 0 Å². The predicted molar refractivity (Wildman–Crippen MR) is 118 cm³/mol. The van der Waals surface area contributed by atoms with Gasteiger partial charge < -0.3 is 19.3 Å². The second-order valence-corrected chi connectivity index (χ2v) is 9.87. The molecule has 3 aromatic carbocycles. The Morgan fingerprint density at radius 1 is 0.793 bits per heavy atom. The lowest BCUT2D eigenvalue weighted by Crippen LogP contribution is -2.30. The van der Waals surface area contributed by atoms with Gasteiger partial charge in [0.25, 0.3) is 0 Å². The zero-order valence-electron chi connectivity index (χ0n) is 16.0. The lowest BCUT2D eigenvalue weighted by molar-refractivity contribution is -0.137. The first-order chi connectivity index (χ1) is 14.1. The molecular formula is C23H24N2O3P. The lowest BCUT2D eigenvalue weighted by Gasteiger charge is -2.47. The number of para-hydroxylation sites is 2. The Hall–Kier alpha value is -2.88. The quantitative estimate of drug-likeness (QED) is 0.564. The molecule has 149 valence electrons. The largest absolute Gasteiger partial charge is 0.481 e. The van der Waals surface area contributed by atoms with Crippen LogP contribution < -0.4 is 9.34 Å². The minimum Gasteiger partial charge on any atom is -0.481 e. The summed E-state index contributed by atoms with van der Waals surface area (Å²) in [6.07, 6.45) is -0.138. The molecule has 0 amide bonds. The molecule has 0 aromatic heterocycles. The number of hydrogen-bond donors (Lipinski definition) is 2. The van der Waals surface area contributed by atoms with Crippen molar-refractivity contribution in [2.45, 2.75) is 12.1 Å². The van der Waals surface area contributed by atoms with Crippen molar-refractivity contribution >= 4 is 25.1 Å². The van der Waals surface area contributed by atoms with Gasteiger partial charge in [0, 0.05) is 24.5 Å². The molecule has 2 N–H and O–H groups in total. The van der Waals surface area contributed by atoms with E-state index in [9.17, 15) is 14.8 Å². The average molecular weight is 407 g/mol. The molecule has 0 bridgehead atoms. The average Bonchev–Trinajstić information content (AvgIpc) is 3.11. The van der Waals surface area contributed by atoms with Crippen LogP contribution in [0.1, 0.15) is 17.6 Å². The third kappa shape index (κ3) is 3.71. The van der Waals surface area contributed by atoms with Crippen LogP contribution in [0.4, 0.5) is 11.4 Å². The number of hydrogen-bond acceptors (Lipinski definition) is 4. The maximum atomic E-state index is 12.4. The van der Waals surface area contributed by atoms with Crippen LogP contribution in [-0.2, 0) is 4.79 Å². The summed E-state index contributed by atoms with van der Waals surface area (Å²) >= 11 is 0. The number of carboxylic acid groups (broad SMARTS) is 1. The van der Waals surface area contributed by atoms with Crippen LogP contribution >= 0.6 is 7.79 Å². The van der Waals surface area contributed by atoms with E-state index in [2.05, 4.69) is 0 Å². The SMILES string of the molecule is O=C(O)CC(c1ccccc1)[P]1(O)N(c2ccccc2)CCN1c1ccccc1. The van der Waals surface area contributed by atoms with E-state index in [0.29, 0.717) is 13.1 Å². The van der Waals surface area contributed by atoms with E-state index in [4.69, 9.17) is 0 Å². The molecule has 4 rings (SSSR count). The van der Waals surface area contributed by atoms with Crippen LogP contribution in [0.15, 0.2) is 91.0 Å². The Balaban J connectivity index is 1.87. The highest BCUT2D eigenvalue weighted by Gasteiger charge is 2.51. The van der Waals surface area contributed by atoms with Crippen molar-refractivity contribution in [3.05, 3.63) is 96.6 Å². The van der Waals surface area contributed by atoms with E-state index < -0.39 is 19.4 Å². The summed E-state index contributed by atoms with van der Waals surface area (Å²) in [4.78, 5) is 24.2. The highest BCUT2D eigenvalue weighted by Crippen LogP contribution is 2.75. The maximum absolute atomic E-state index is 12.4. The fraction of sp³-hybridized carbons (Fsp3) is 0.174. The van der Waals surface area contributed by atoms with Crippen LogP contribution in [0.2, 0.25) is 0 Å². The van der Waals surface area contributed by atoms with Gasteiger partial charge in [0.1, 0.15) is 0 Å². The van der Waals surface area contributed by atoms with Gasteiger partial charge in [0.15, 0.2) is 7.79 Å². The lowest BCUT2D eigenvalue weighted by atomic mass is 10.1. The molecule has 6 heteroatoms. The van der Waals surface area contributed by atoms with Gasteiger partial charge in [-0.25, -0.2) is 0 Å². The Labute approximate surface area is 171 Å². The van der Waals surface area contributed by atoms with Gasteiger partial charge in [-0.15, -0.1) is 0 Å². The first kappa shape index (κ1) is 19.4. The Morgan fingerprint density at radius 3 is 1.62 bits per heavy atom. The van der Waals surface area contributed by atoms with Crippen LogP contribution in [0.3, 0.4) is 0 Å². The zero-order valence-corrected chi connectivity index (χ0v) is 16.9. The van der Waals surface area contributed by atoms with Crippen molar-refractivity contribution in [2.24, 2.45) is 0 Å². The molecule has 1 aliphatic heterocycles. The first-order valence-corrected chi connectivity index (χ1v) is 11.4. The summed E-state index contributed by atoms with van der Waals surface area (Å²) < 4.78 is 4.06. The third-order valence-electron chi connectivity index (χ3n) is 5.31. The molecule has 1 fully saturated rings. The van der Waals surface area contributed by atoms with Crippen LogP contribution in [-0.4, -0.2) is 29.1 Å². The molecule has 3 aromatic rings. The molecule has 5 nitrogen and oxygen atoms in total. The number of benzene rings is 3. The molecule has 0 spiro atoms. The summed E-state index contributed by atoms with van der Waals surface area (Å²) in [6, 6.07) is 29.1. The second-order valence-electron chi connectivity index (χ2n) is 7.06. The van der Waals surface area contributed by atoms with E-state index in [-0.39, 0.29) is 6.42 Å². The number of aliphatic carboxylic acids is 1. The van der Waals surface area contributed by atoms with Crippen LogP contribution in [0.5, 0.6) is 0 Å². The Morgan fingerprint density at radius 2 is 1.21 bits per heavy atom. The third-order valence-corrected chi connectivity index (χ3v) is 8.91. The van der Waals surface area contributed by atoms with Crippen molar-refractivity contribution in [3.8, 4) is 0 Å². The highest BCUT2D eigenvalue weighted by molar-refractivity contribution is 7.74. The highest BCUT2D eigenvalue weighted by atomic mass is 31.2. The number of nitrogens with zero attached hydrogens (tertiary/aromatic N) is 2. The fourth-order valence-corrected chi connectivity index (χ4v) is 7.65. The van der Waals surface area contributed by atoms with Gasteiger partial charge in [-0.1, -0.05) is 66.7 Å². The summed E-state index contributed by atoms with van der Waals surface area (Å²) in [5, 5.41) is 9.70. The molecule has 1 radical (unpaired) electrons. The van der Waals surface area contributed by atoms with E-state index in [0.717, 1.165) is 16.9 Å². The smallest absolute Gasteiger partial charge is 0.304 e. The van der Waals surface area contributed by atoms with E-state index >= 15 is 0 Å². The summed E-state index contributed by atoms with van der Waals surface area (Å²) in [5.74, 6) is -0.916. The van der Waals surface area contributed by atoms with Crippen LogP contribution in [0.25, 0.3) is 0 Å². The maximum Gasteiger partial charge on any atom is 0.304 e.